The summed E-state index contributed by atoms with van der Waals surface area (Å²) in [5.74, 6) is 0.350. The van der Waals surface area contributed by atoms with E-state index in [1.165, 1.54) is 7.11 Å². The van der Waals surface area contributed by atoms with Gasteiger partial charge in [-0.05, 0) is 19.1 Å². The van der Waals surface area contributed by atoms with E-state index in [4.69, 9.17) is 4.74 Å². The van der Waals surface area contributed by atoms with Crippen molar-refractivity contribution in [2.75, 3.05) is 7.11 Å². The van der Waals surface area contributed by atoms with Crippen LogP contribution in [0.5, 0.6) is 5.75 Å². The van der Waals surface area contributed by atoms with Crippen LogP contribution in [0.3, 0.4) is 0 Å². The van der Waals surface area contributed by atoms with E-state index >= 15 is 0 Å². The van der Waals surface area contributed by atoms with Gasteiger partial charge >= 0.3 is 0 Å². The largest absolute Gasteiger partial charge is 0.481 e. The number of amides is 1. The molecule has 0 saturated heterocycles. The van der Waals surface area contributed by atoms with E-state index in [1.807, 2.05) is 18.2 Å². The number of rotatable bonds is 4. The fourth-order valence-corrected chi connectivity index (χ4v) is 0.940. The van der Waals surface area contributed by atoms with Crippen molar-refractivity contribution in [2.45, 2.75) is 13.0 Å². The summed E-state index contributed by atoms with van der Waals surface area (Å²) < 4.78 is 5.34. The van der Waals surface area contributed by atoms with Crippen molar-refractivity contribution in [3.05, 3.63) is 30.3 Å². The van der Waals surface area contributed by atoms with E-state index in [0.717, 1.165) is 0 Å². The first-order valence-electron chi connectivity index (χ1n) is 4.28. The van der Waals surface area contributed by atoms with E-state index in [9.17, 15) is 4.79 Å². The molecular formula is C10H13NO3. The molecule has 1 amide bonds. The van der Waals surface area contributed by atoms with Crippen LogP contribution in [0, 0.1) is 0 Å². The van der Waals surface area contributed by atoms with Crippen LogP contribution in [0.1, 0.15) is 6.92 Å². The van der Waals surface area contributed by atoms with Crippen molar-refractivity contribution in [1.29, 1.82) is 0 Å². The lowest BCUT2D eigenvalue weighted by Crippen LogP contribution is -2.35. The topological polar surface area (TPSA) is 47.6 Å². The quantitative estimate of drug-likeness (QED) is 0.733. The molecule has 0 aliphatic rings. The Morgan fingerprint density at radius 1 is 1.36 bits per heavy atom. The minimum Gasteiger partial charge on any atom is -0.481 e. The molecule has 0 aliphatic carbocycles. The highest BCUT2D eigenvalue weighted by Crippen LogP contribution is 2.10. The van der Waals surface area contributed by atoms with E-state index in [1.54, 1.807) is 19.1 Å². The lowest BCUT2D eigenvalue weighted by molar-refractivity contribution is -0.137. The fraction of sp³-hybridized carbons (Fsp3) is 0.300. The number of para-hydroxylation sites is 1. The van der Waals surface area contributed by atoms with Gasteiger partial charge in [0, 0.05) is 0 Å². The third-order valence-electron chi connectivity index (χ3n) is 1.63. The minimum atomic E-state index is -0.572. The standard InChI is InChI=1S/C10H13NO3/c1-8(10(12)11-13-2)14-9-6-4-3-5-7-9/h3-8H,1-2H3,(H,11,12). The second kappa shape index (κ2) is 5.24. The highest BCUT2D eigenvalue weighted by atomic mass is 16.6. The molecule has 0 saturated carbocycles. The van der Waals surface area contributed by atoms with E-state index < -0.39 is 6.10 Å². The third kappa shape index (κ3) is 3.06. The third-order valence-corrected chi connectivity index (χ3v) is 1.63. The average molecular weight is 195 g/mol. The molecule has 14 heavy (non-hydrogen) atoms. The van der Waals surface area contributed by atoms with Gasteiger partial charge < -0.3 is 4.74 Å². The Kier molecular flexibility index (Phi) is 3.94. The summed E-state index contributed by atoms with van der Waals surface area (Å²) in [5, 5.41) is 0. The summed E-state index contributed by atoms with van der Waals surface area (Å²) in [6.45, 7) is 1.65. The predicted molar refractivity (Wildman–Crippen MR) is 51.7 cm³/mol. The molecule has 1 N–H and O–H groups in total. The molecule has 1 unspecified atom stereocenters. The molecular weight excluding hydrogens is 182 g/mol. The van der Waals surface area contributed by atoms with E-state index in [2.05, 4.69) is 10.3 Å². The van der Waals surface area contributed by atoms with Crippen molar-refractivity contribution in [3.8, 4) is 5.75 Å². The second-order valence-corrected chi connectivity index (χ2v) is 2.74. The average Bonchev–Trinajstić information content (AvgIpc) is 2.19. The normalized spacial score (nSPS) is 11.9. The monoisotopic (exact) mass is 195 g/mol. The minimum absolute atomic E-state index is 0.309. The summed E-state index contributed by atoms with van der Waals surface area (Å²) in [6, 6.07) is 9.15. The zero-order valence-corrected chi connectivity index (χ0v) is 8.19. The molecule has 0 radical (unpaired) electrons. The van der Waals surface area contributed by atoms with Gasteiger partial charge in [0.2, 0.25) is 0 Å². The van der Waals surface area contributed by atoms with Gasteiger partial charge in [-0.2, -0.15) is 0 Å². The number of ether oxygens (including phenoxy) is 1. The Morgan fingerprint density at radius 3 is 2.57 bits per heavy atom. The van der Waals surface area contributed by atoms with Gasteiger partial charge in [0.05, 0.1) is 7.11 Å². The molecule has 1 atom stereocenters. The van der Waals surface area contributed by atoms with Crippen LogP contribution < -0.4 is 10.2 Å². The Labute approximate surface area is 82.8 Å². The molecule has 1 rings (SSSR count). The lowest BCUT2D eigenvalue weighted by Gasteiger charge is -2.13. The summed E-state index contributed by atoms with van der Waals surface area (Å²) in [6.07, 6.45) is -0.572. The van der Waals surface area contributed by atoms with Gasteiger partial charge in [-0.25, -0.2) is 5.48 Å². The highest BCUT2D eigenvalue weighted by Gasteiger charge is 2.13. The van der Waals surface area contributed by atoms with Crippen LogP contribution in [0.2, 0.25) is 0 Å². The van der Waals surface area contributed by atoms with Crippen molar-refractivity contribution in [2.24, 2.45) is 0 Å². The van der Waals surface area contributed by atoms with Crippen molar-refractivity contribution >= 4 is 5.91 Å². The molecule has 0 bridgehead atoms. The van der Waals surface area contributed by atoms with Crippen LogP contribution >= 0.6 is 0 Å². The molecule has 1 aromatic carbocycles. The molecule has 76 valence electrons. The molecule has 0 fully saturated rings. The van der Waals surface area contributed by atoms with Gasteiger partial charge in [0.1, 0.15) is 5.75 Å². The summed E-state index contributed by atoms with van der Waals surface area (Å²) in [5.41, 5.74) is 2.20. The first kappa shape index (κ1) is 10.5. The van der Waals surface area contributed by atoms with Crippen LogP contribution in [0.15, 0.2) is 30.3 Å². The Morgan fingerprint density at radius 2 is 2.00 bits per heavy atom. The van der Waals surface area contributed by atoms with Gasteiger partial charge in [-0.3, -0.25) is 9.63 Å². The number of hydroxylamine groups is 1. The van der Waals surface area contributed by atoms with Crippen LogP contribution in [-0.2, 0) is 9.63 Å². The van der Waals surface area contributed by atoms with Crippen molar-refractivity contribution in [1.82, 2.24) is 5.48 Å². The SMILES string of the molecule is CONC(=O)C(C)Oc1ccccc1. The van der Waals surface area contributed by atoms with Gasteiger partial charge in [0.15, 0.2) is 6.10 Å². The maximum Gasteiger partial charge on any atom is 0.284 e. The zero-order chi connectivity index (χ0) is 10.4. The van der Waals surface area contributed by atoms with E-state index in [-0.39, 0.29) is 5.91 Å². The lowest BCUT2D eigenvalue weighted by atomic mass is 10.3. The molecule has 0 aromatic heterocycles. The molecule has 1 aromatic rings. The van der Waals surface area contributed by atoms with Gasteiger partial charge in [0.25, 0.3) is 5.91 Å². The highest BCUT2D eigenvalue weighted by molar-refractivity contribution is 5.79. The Balaban J connectivity index is 2.49. The first-order chi connectivity index (χ1) is 6.74. The summed E-state index contributed by atoms with van der Waals surface area (Å²) in [4.78, 5) is 15.7. The first-order valence-corrected chi connectivity index (χ1v) is 4.28. The van der Waals surface area contributed by atoms with Crippen LogP contribution in [0.4, 0.5) is 0 Å². The van der Waals surface area contributed by atoms with Gasteiger partial charge in [-0.1, -0.05) is 18.2 Å². The molecule has 0 spiro atoms. The molecule has 0 aliphatic heterocycles. The number of carbonyl (C=O) groups excluding carboxylic acids is 1. The van der Waals surface area contributed by atoms with Crippen LogP contribution in [0.25, 0.3) is 0 Å². The number of hydrogen-bond acceptors (Lipinski definition) is 3. The molecule has 4 nitrogen and oxygen atoms in total. The van der Waals surface area contributed by atoms with E-state index in [0.29, 0.717) is 5.75 Å². The van der Waals surface area contributed by atoms with Crippen molar-refractivity contribution in [3.63, 3.8) is 0 Å². The maximum atomic E-state index is 11.2. The van der Waals surface area contributed by atoms with Crippen molar-refractivity contribution < 1.29 is 14.4 Å². The number of carbonyl (C=O) groups is 1. The molecule has 4 heteroatoms. The Bertz CT molecular complexity index is 287. The second-order valence-electron chi connectivity index (χ2n) is 2.74. The Hall–Kier alpha value is -1.55. The van der Waals surface area contributed by atoms with Gasteiger partial charge in [-0.15, -0.1) is 0 Å². The molecule has 0 heterocycles. The fourth-order valence-electron chi connectivity index (χ4n) is 0.940. The predicted octanol–water partition coefficient (Wildman–Crippen LogP) is 1.13. The number of benzene rings is 1. The zero-order valence-electron chi connectivity index (χ0n) is 8.19. The van der Waals surface area contributed by atoms with Crippen LogP contribution in [-0.4, -0.2) is 19.1 Å². The number of hydrogen-bond donors (Lipinski definition) is 1. The summed E-state index contributed by atoms with van der Waals surface area (Å²) >= 11 is 0. The maximum absolute atomic E-state index is 11.2. The summed E-state index contributed by atoms with van der Waals surface area (Å²) in [7, 11) is 1.38. The number of nitrogens with one attached hydrogen (secondary N) is 1. The smallest absolute Gasteiger partial charge is 0.284 e.